The first kappa shape index (κ1) is 13.4. The SMILES string of the molecule is COC(=O)CC(C)NC(C)CC(C)C. The predicted octanol–water partition coefficient (Wildman–Crippen LogP) is 1.96. The quantitative estimate of drug-likeness (QED) is 0.668. The summed E-state index contributed by atoms with van der Waals surface area (Å²) >= 11 is 0. The fraction of sp³-hybridized carbons (Fsp3) is 0.909. The van der Waals surface area contributed by atoms with Crippen LogP contribution >= 0.6 is 0 Å². The Morgan fingerprint density at radius 3 is 2.21 bits per heavy atom. The lowest BCUT2D eigenvalue weighted by molar-refractivity contribution is -0.141. The van der Waals surface area contributed by atoms with Crippen LogP contribution in [0.2, 0.25) is 0 Å². The molecule has 0 saturated heterocycles. The highest BCUT2D eigenvalue weighted by Gasteiger charge is 2.12. The molecule has 0 rings (SSSR count). The van der Waals surface area contributed by atoms with Crippen LogP contribution in [0.15, 0.2) is 0 Å². The monoisotopic (exact) mass is 201 g/mol. The third-order valence-electron chi connectivity index (χ3n) is 2.09. The Morgan fingerprint density at radius 2 is 1.79 bits per heavy atom. The van der Waals surface area contributed by atoms with Crippen LogP contribution in [0.3, 0.4) is 0 Å². The lowest BCUT2D eigenvalue weighted by atomic mass is 10.0. The maximum Gasteiger partial charge on any atom is 0.307 e. The van der Waals surface area contributed by atoms with Crippen LogP contribution in [0, 0.1) is 5.92 Å². The van der Waals surface area contributed by atoms with E-state index in [1.54, 1.807) is 0 Å². The molecule has 84 valence electrons. The third kappa shape index (κ3) is 6.89. The van der Waals surface area contributed by atoms with Gasteiger partial charge in [0.2, 0.25) is 0 Å². The molecule has 0 aliphatic carbocycles. The number of hydrogen-bond donors (Lipinski definition) is 1. The van der Waals surface area contributed by atoms with E-state index in [-0.39, 0.29) is 12.0 Å². The van der Waals surface area contributed by atoms with E-state index in [0.717, 1.165) is 6.42 Å². The van der Waals surface area contributed by atoms with Gasteiger partial charge < -0.3 is 10.1 Å². The van der Waals surface area contributed by atoms with Crippen LogP contribution in [0.25, 0.3) is 0 Å². The number of carbonyl (C=O) groups excluding carboxylic acids is 1. The van der Waals surface area contributed by atoms with Crippen molar-refractivity contribution in [3.8, 4) is 0 Å². The number of rotatable bonds is 6. The number of carbonyl (C=O) groups is 1. The van der Waals surface area contributed by atoms with E-state index < -0.39 is 0 Å². The third-order valence-corrected chi connectivity index (χ3v) is 2.09. The average molecular weight is 201 g/mol. The largest absolute Gasteiger partial charge is 0.469 e. The number of hydrogen-bond acceptors (Lipinski definition) is 3. The predicted molar refractivity (Wildman–Crippen MR) is 58.1 cm³/mol. The van der Waals surface area contributed by atoms with E-state index in [2.05, 4.69) is 30.8 Å². The molecule has 0 aromatic rings. The van der Waals surface area contributed by atoms with E-state index in [1.807, 2.05) is 6.92 Å². The van der Waals surface area contributed by atoms with E-state index >= 15 is 0 Å². The fourth-order valence-electron chi connectivity index (χ4n) is 1.65. The van der Waals surface area contributed by atoms with Crippen molar-refractivity contribution in [2.24, 2.45) is 5.92 Å². The molecular formula is C11H23NO2. The smallest absolute Gasteiger partial charge is 0.307 e. The zero-order valence-corrected chi connectivity index (χ0v) is 9.96. The van der Waals surface area contributed by atoms with Gasteiger partial charge in [-0.2, -0.15) is 0 Å². The maximum absolute atomic E-state index is 11.0. The first-order valence-corrected chi connectivity index (χ1v) is 5.28. The average Bonchev–Trinajstić information content (AvgIpc) is 2.01. The van der Waals surface area contributed by atoms with E-state index in [4.69, 9.17) is 0 Å². The highest BCUT2D eigenvalue weighted by atomic mass is 16.5. The maximum atomic E-state index is 11.0. The molecule has 0 aromatic heterocycles. The number of nitrogens with one attached hydrogen (secondary N) is 1. The molecule has 3 heteroatoms. The molecule has 0 saturated carbocycles. The molecule has 0 heterocycles. The number of methoxy groups -OCH3 is 1. The van der Waals surface area contributed by atoms with Gasteiger partial charge in [0.25, 0.3) is 0 Å². The molecule has 1 N–H and O–H groups in total. The molecule has 0 bridgehead atoms. The van der Waals surface area contributed by atoms with Gasteiger partial charge in [-0.15, -0.1) is 0 Å². The second kappa shape index (κ2) is 6.82. The molecule has 0 amide bonds. The summed E-state index contributed by atoms with van der Waals surface area (Å²) in [6, 6.07) is 0.644. The van der Waals surface area contributed by atoms with E-state index in [1.165, 1.54) is 7.11 Å². The highest BCUT2D eigenvalue weighted by molar-refractivity contribution is 5.69. The topological polar surface area (TPSA) is 38.3 Å². The van der Waals surface area contributed by atoms with Gasteiger partial charge in [0.1, 0.15) is 0 Å². The zero-order chi connectivity index (χ0) is 11.1. The molecule has 0 aliphatic rings. The second-order valence-corrected chi connectivity index (χ2v) is 4.38. The molecule has 2 atom stereocenters. The van der Waals surface area contributed by atoms with Crippen molar-refractivity contribution >= 4 is 5.97 Å². The molecular weight excluding hydrogens is 178 g/mol. The van der Waals surface area contributed by atoms with Crippen LogP contribution in [0.5, 0.6) is 0 Å². The molecule has 0 aromatic carbocycles. The Labute approximate surface area is 87.2 Å². The summed E-state index contributed by atoms with van der Waals surface area (Å²) in [5.74, 6) is 0.532. The summed E-state index contributed by atoms with van der Waals surface area (Å²) in [5.41, 5.74) is 0. The van der Waals surface area contributed by atoms with Crippen molar-refractivity contribution in [3.05, 3.63) is 0 Å². The van der Waals surface area contributed by atoms with E-state index in [0.29, 0.717) is 18.4 Å². The van der Waals surface area contributed by atoms with Crippen molar-refractivity contribution in [2.45, 2.75) is 52.6 Å². The molecule has 0 radical (unpaired) electrons. The van der Waals surface area contributed by atoms with Crippen molar-refractivity contribution in [1.82, 2.24) is 5.32 Å². The molecule has 0 fully saturated rings. The molecule has 0 spiro atoms. The molecule has 0 aliphatic heterocycles. The first-order valence-electron chi connectivity index (χ1n) is 5.28. The lowest BCUT2D eigenvalue weighted by Gasteiger charge is -2.20. The molecule has 2 unspecified atom stereocenters. The van der Waals surface area contributed by atoms with Crippen molar-refractivity contribution in [2.75, 3.05) is 7.11 Å². The minimum absolute atomic E-state index is 0.151. The van der Waals surface area contributed by atoms with Crippen LogP contribution in [-0.4, -0.2) is 25.2 Å². The molecule has 14 heavy (non-hydrogen) atoms. The van der Waals surface area contributed by atoms with Crippen LogP contribution in [0.4, 0.5) is 0 Å². The Balaban J connectivity index is 3.70. The van der Waals surface area contributed by atoms with Gasteiger partial charge in [0, 0.05) is 12.1 Å². The fourth-order valence-corrected chi connectivity index (χ4v) is 1.65. The number of esters is 1. The van der Waals surface area contributed by atoms with Crippen LogP contribution in [-0.2, 0) is 9.53 Å². The Kier molecular flexibility index (Phi) is 6.54. The van der Waals surface area contributed by atoms with Gasteiger partial charge in [-0.05, 0) is 26.2 Å². The number of ether oxygens (including phenoxy) is 1. The van der Waals surface area contributed by atoms with Crippen molar-refractivity contribution in [1.29, 1.82) is 0 Å². The summed E-state index contributed by atoms with van der Waals surface area (Å²) in [4.78, 5) is 11.0. The van der Waals surface area contributed by atoms with Gasteiger partial charge in [-0.3, -0.25) is 4.79 Å². The van der Waals surface area contributed by atoms with E-state index in [9.17, 15) is 4.79 Å². The van der Waals surface area contributed by atoms with Crippen molar-refractivity contribution in [3.63, 3.8) is 0 Å². The van der Waals surface area contributed by atoms with Crippen molar-refractivity contribution < 1.29 is 9.53 Å². The van der Waals surface area contributed by atoms with Gasteiger partial charge in [-0.25, -0.2) is 0 Å². The highest BCUT2D eigenvalue weighted by Crippen LogP contribution is 2.05. The minimum atomic E-state index is -0.151. The normalized spacial score (nSPS) is 15.3. The van der Waals surface area contributed by atoms with Crippen LogP contribution < -0.4 is 5.32 Å². The summed E-state index contributed by atoms with van der Waals surface area (Å²) in [6.07, 6.45) is 1.57. The van der Waals surface area contributed by atoms with Gasteiger partial charge >= 0.3 is 5.97 Å². The molecule has 3 nitrogen and oxygen atoms in total. The first-order chi connectivity index (χ1) is 6.45. The standard InChI is InChI=1S/C11H23NO2/c1-8(2)6-9(3)12-10(4)7-11(13)14-5/h8-10,12H,6-7H2,1-5H3. The summed E-state index contributed by atoms with van der Waals surface area (Å²) in [5, 5.41) is 3.38. The summed E-state index contributed by atoms with van der Waals surface area (Å²) in [7, 11) is 1.42. The van der Waals surface area contributed by atoms with Gasteiger partial charge in [0.05, 0.1) is 13.5 Å². The lowest BCUT2D eigenvalue weighted by Crippen LogP contribution is -2.36. The van der Waals surface area contributed by atoms with Gasteiger partial charge in [-0.1, -0.05) is 13.8 Å². The Hall–Kier alpha value is -0.570. The van der Waals surface area contributed by atoms with Gasteiger partial charge in [0.15, 0.2) is 0 Å². The second-order valence-electron chi connectivity index (χ2n) is 4.38. The summed E-state index contributed by atoms with van der Waals surface area (Å²) < 4.78 is 4.60. The Morgan fingerprint density at radius 1 is 1.21 bits per heavy atom. The zero-order valence-electron chi connectivity index (χ0n) is 9.96. The Bertz CT molecular complexity index is 169. The minimum Gasteiger partial charge on any atom is -0.469 e. The summed E-state index contributed by atoms with van der Waals surface area (Å²) in [6.45, 7) is 8.55. The van der Waals surface area contributed by atoms with Crippen LogP contribution in [0.1, 0.15) is 40.5 Å².